The minimum absolute atomic E-state index is 0.313. The van der Waals surface area contributed by atoms with Crippen LogP contribution in [0.2, 0.25) is 10.0 Å². The summed E-state index contributed by atoms with van der Waals surface area (Å²) in [6.45, 7) is 0.313. The van der Waals surface area contributed by atoms with E-state index >= 15 is 0 Å². The van der Waals surface area contributed by atoms with Gasteiger partial charge >= 0.3 is 0 Å². The van der Waals surface area contributed by atoms with E-state index in [1.54, 1.807) is 35.3 Å². The molecule has 2 rings (SSSR count). The Balaban J connectivity index is 2.08. The Morgan fingerprint density at radius 1 is 1.27 bits per heavy atom. The van der Waals surface area contributed by atoms with Crippen molar-refractivity contribution in [3.05, 3.63) is 46.7 Å². The van der Waals surface area contributed by atoms with Crippen molar-refractivity contribution < 1.29 is 4.74 Å². The first-order valence-electron chi connectivity index (χ1n) is 4.31. The van der Waals surface area contributed by atoms with Crippen LogP contribution in [0.25, 0.3) is 0 Å². The zero-order chi connectivity index (χ0) is 10.7. The average molecular weight is 243 g/mol. The van der Waals surface area contributed by atoms with Gasteiger partial charge in [0, 0.05) is 12.4 Å². The third-order valence-corrected chi connectivity index (χ3v) is 2.63. The maximum absolute atomic E-state index is 5.95. The molecule has 0 bridgehead atoms. The van der Waals surface area contributed by atoms with Crippen LogP contribution < -0.4 is 4.74 Å². The number of benzene rings is 1. The molecule has 0 fully saturated rings. The monoisotopic (exact) mass is 242 g/mol. The Labute approximate surface area is 97.2 Å². The Kier molecular flexibility index (Phi) is 3.14. The molecule has 0 N–H and O–H groups in total. The van der Waals surface area contributed by atoms with Crippen LogP contribution in [0.15, 0.2) is 36.7 Å². The van der Waals surface area contributed by atoms with E-state index in [2.05, 4.69) is 5.10 Å². The summed E-state index contributed by atoms with van der Waals surface area (Å²) in [5, 5.41) is 4.90. The van der Waals surface area contributed by atoms with Gasteiger partial charge in [-0.05, 0) is 18.2 Å². The van der Waals surface area contributed by atoms with Gasteiger partial charge in [-0.2, -0.15) is 5.10 Å². The van der Waals surface area contributed by atoms with Crippen molar-refractivity contribution in [2.24, 2.45) is 0 Å². The lowest BCUT2D eigenvalue weighted by atomic mass is 10.3. The Morgan fingerprint density at radius 2 is 2.13 bits per heavy atom. The molecule has 0 radical (unpaired) electrons. The molecule has 0 spiro atoms. The molecule has 0 unspecified atom stereocenters. The summed E-state index contributed by atoms with van der Waals surface area (Å²) in [7, 11) is 0. The molecule has 5 heteroatoms. The summed E-state index contributed by atoms with van der Waals surface area (Å²) in [4.78, 5) is 0. The number of halogens is 2. The first-order chi connectivity index (χ1) is 7.27. The Bertz CT molecular complexity index is 443. The molecular formula is C10H8Cl2N2O. The predicted octanol–water partition coefficient (Wildman–Crippen LogP) is 3.23. The lowest BCUT2D eigenvalue weighted by molar-refractivity contribution is 0.221. The molecule has 0 aliphatic rings. The van der Waals surface area contributed by atoms with Crippen LogP contribution in [0.4, 0.5) is 0 Å². The van der Waals surface area contributed by atoms with Gasteiger partial charge in [-0.15, -0.1) is 0 Å². The van der Waals surface area contributed by atoms with E-state index in [4.69, 9.17) is 27.9 Å². The topological polar surface area (TPSA) is 27.1 Å². The van der Waals surface area contributed by atoms with Gasteiger partial charge in [0.2, 0.25) is 0 Å². The van der Waals surface area contributed by atoms with E-state index in [1.807, 2.05) is 6.07 Å². The maximum atomic E-state index is 5.95. The molecule has 3 nitrogen and oxygen atoms in total. The fourth-order valence-electron chi connectivity index (χ4n) is 1.11. The molecule has 0 atom stereocenters. The van der Waals surface area contributed by atoms with Crippen LogP contribution in [0.5, 0.6) is 5.75 Å². The third-order valence-electron chi connectivity index (χ3n) is 1.83. The summed E-state index contributed by atoms with van der Waals surface area (Å²) in [6.07, 6.45) is 3.49. The van der Waals surface area contributed by atoms with Crippen molar-refractivity contribution in [2.45, 2.75) is 6.73 Å². The molecule has 1 aromatic carbocycles. The molecule has 1 heterocycles. The smallest absolute Gasteiger partial charge is 0.180 e. The molecule has 0 saturated carbocycles. The highest BCUT2D eigenvalue weighted by Crippen LogP contribution is 2.31. The molecule has 15 heavy (non-hydrogen) atoms. The van der Waals surface area contributed by atoms with Gasteiger partial charge in [0.25, 0.3) is 0 Å². The van der Waals surface area contributed by atoms with E-state index in [1.165, 1.54) is 0 Å². The van der Waals surface area contributed by atoms with Crippen LogP contribution in [0.3, 0.4) is 0 Å². The Morgan fingerprint density at radius 3 is 2.87 bits per heavy atom. The van der Waals surface area contributed by atoms with Crippen LogP contribution in [0.1, 0.15) is 0 Å². The summed E-state index contributed by atoms with van der Waals surface area (Å²) in [5.74, 6) is 0.555. The van der Waals surface area contributed by atoms with Gasteiger partial charge in [-0.25, -0.2) is 4.68 Å². The van der Waals surface area contributed by atoms with E-state index < -0.39 is 0 Å². The minimum Gasteiger partial charge on any atom is -0.470 e. The zero-order valence-electron chi connectivity index (χ0n) is 7.73. The predicted molar refractivity (Wildman–Crippen MR) is 59.3 cm³/mol. The van der Waals surface area contributed by atoms with Gasteiger partial charge in [0.15, 0.2) is 6.73 Å². The number of aromatic nitrogens is 2. The third kappa shape index (κ3) is 2.43. The summed E-state index contributed by atoms with van der Waals surface area (Å²) < 4.78 is 7.10. The summed E-state index contributed by atoms with van der Waals surface area (Å²) in [5.41, 5.74) is 0. The second kappa shape index (κ2) is 4.55. The number of hydrogen-bond acceptors (Lipinski definition) is 2. The fraction of sp³-hybridized carbons (Fsp3) is 0.100. The van der Waals surface area contributed by atoms with E-state index in [0.29, 0.717) is 22.5 Å². The molecule has 78 valence electrons. The van der Waals surface area contributed by atoms with Gasteiger partial charge in [-0.3, -0.25) is 0 Å². The Hall–Kier alpha value is -1.19. The normalized spacial score (nSPS) is 10.3. The van der Waals surface area contributed by atoms with Gasteiger partial charge < -0.3 is 4.74 Å². The average Bonchev–Trinajstić information content (AvgIpc) is 2.73. The standard InChI is InChI=1S/C10H8Cl2N2O/c11-8-3-1-4-9(10(8)12)15-7-14-6-2-5-13-14/h1-6H,7H2. The van der Waals surface area contributed by atoms with Crippen molar-refractivity contribution in [3.63, 3.8) is 0 Å². The quantitative estimate of drug-likeness (QED) is 0.827. The van der Waals surface area contributed by atoms with Crippen LogP contribution in [-0.2, 0) is 6.73 Å². The molecule has 0 amide bonds. The molecule has 1 aromatic heterocycles. The van der Waals surface area contributed by atoms with Crippen LogP contribution in [-0.4, -0.2) is 9.78 Å². The SMILES string of the molecule is Clc1cccc(OCn2cccn2)c1Cl. The first-order valence-corrected chi connectivity index (χ1v) is 5.07. The number of hydrogen-bond donors (Lipinski definition) is 0. The van der Waals surface area contributed by atoms with E-state index in [0.717, 1.165) is 0 Å². The van der Waals surface area contributed by atoms with Crippen molar-refractivity contribution in [2.75, 3.05) is 0 Å². The second-order valence-electron chi connectivity index (χ2n) is 2.87. The van der Waals surface area contributed by atoms with Gasteiger partial charge in [0.1, 0.15) is 10.8 Å². The highest BCUT2D eigenvalue weighted by molar-refractivity contribution is 6.42. The van der Waals surface area contributed by atoms with Crippen LogP contribution in [0, 0.1) is 0 Å². The largest absolute Gasteiger partial charge is 0.470 e. The number of nitrogens with zero attached hydrogens (tertiary/aromatic N) is 2. The highest BCUT2D eigenvalue weighted by Gasteiger charge is 2.04. The lowest BCUT2D eigenvalue weighted by Crippen LogP contribution is -2.05. The number of ether oxygens (including phenoxy) is 1. The van der Waals surface area contributed by atoms with Crippen molar-refractivity contribution >= 4 is 23.2 Å². The summed E-state index contributed by atoms with van der Waals surface area (Å²) in [6, 6.07) is 7.08. The number of rotatable bonds is 3. The molecule has 0 saturated heterocycles. The zero-order valence-corrected chi connectivity index (χ0v) is 9.24. The van der Waals surface area contributed by atoms with Gasteiger partial charge in [-0.1, -0.05) is 29.3 Å². The van der Waals surface area contributed by atoms with Gasteiger partial charge in [0.05, 0.1) is 5.02 Å². The molecule has 2 aromatic rings. The van der Waals surface area contributed by atoms with Crippen molar-refractivity contribution in [1.82, 2.24) is 9.78 Å². The second-order valence-corrected chi connectivity index (χ2v) is 3.66. The molecular weight excluding hydrogens is 235 g/mol. The minimum atomic E-state index is 0.313. The van der Waals surface area contributed by atoms with E-state index in [-0.39, 0.29) is 0 Å². The highest BCUT2D eigenvalue weighted by atomic mass is 35.5. The van der Waals surface area contributed by atoms with Crippen molar-refractivity contribution in [3.8, 4) is 5.75 Å². The first kappa shape index (κ1) is 10.3. The lowest BCUT2D eigenvalue weighted by Gasteiger charge is -2.08. The van der Waals surface area contributed by atoms with Crippen molar-refractivity contribution in [1.29, 1.82) is 0 Å². The maximum Gasteiger partial charge on any atom is 0.180 e. The molecule has 0 aliphatic heterocycles. The van der Waals surface area contributed by atoms with E-state index in [9.17, 15) is 0 Å². The fourth-order valence-corrected chi connectivity index (χ4v) is 1.45. The molecule has 0 aliphatic carbocycles. The van der Waals surface area contributed by atoms with Crippen LogP contribution >= 0.6 is 23.2 Å². The summed E-state index contributed by atoms with van der Waals surface area (Å²) >= 11 is 11.8.